The quantitative estimate of drug-likeness (QED) is 0.466. The second kappa shape index (κ2) is 10.2. The van der Waals surface area contributed by atoms with Crippen molar-refractivity contribution in [2.24, 2.45) is 4.99 Å². The largest absolute Gasteiger partial charge is 0.357 e. The standard InChI is InChI=1S/C21H27N7/c1-3-20-27-26-16-28(20)13-12-24-21(22-4-2)25-15-17-8-7-9-18(14-17)19-10-5-6-11-23-19/h5-11,14,16H,3-4,12-13,15H2,1-2H3,(H2,22,24,25). The Morgan fingerprint density at radius 3 is 2.82 bits per heavy atom. The van der Waals surface area contributed by atoms with Crippen LogP contribution in [-0.4, -0.2) is 38.8 Å². The van der Waals surface area contributed by atoms with Gasteiger partial charge >= 0.3 is 0 Å². The lowest BCUT2D eigenvalue weighted by atomic mass is 10.1. The van der Waals surface area contributed by atoms with Crippen LogP contribution in [0.1, 0.15) is 25.2 Å². The Kier molecular flexibility index (Phi) is 7.12. The van der Waals surface area contributed by atoms with Crippen LogP contribution in [0.25, 0.3) is 11.3 Å². The SMILES string of the molecule is CCNC(=NCc1cccc(-c2ccccn2)c1)NCCn1cnnc1CC. The molecule has 0 unspecified atom stereocenters. The molecule has 2 heterocycles. The summed E-state index contributed by atoms with van der Waals surface area (Å²) in [5.74, 6) is 1.80. The topological polar surface area (TPSA) is 80.0 Å². The molecule has 146 valence electrons. The van der Waals surface area contributed by atoms with Crippen molar-refractivity contribution >= 4 is 5.96 Å². The second-order valence-corrected chi connectivity index (χ2v) is 6.33. The fraction of sp³-hybridized carbons (Fsp3) is 0.333. The van der Waals surface area contributed by atoms with Crippen LogP contribution in [0.4, 0.5) is 0 Å². The van der Waals surface area contributed by atoms with E-state index in [1.807, 2.05) is 30.5 Å². The van der Waals surface area contributed by atoms with Crippen LogP contribution >= 0.6 is 0 Å². The molecule has 0 aliphatic rings. The molecule has 0 amide bonds. The number of nitrogens with one attached hydrogen (secondary N) is 2. The summed E-state index contributed by atoms with van der Waals surface area (Å²) in [5.41, 5.74) is 3.22. The van der Waals surface area contributed by atoms with Gasteiger partial charge in [0.1, 0.15) is 12.2 Å². The molecular formula is C21H27N7. The van der Waals surface area contributed by atoms with E-state index >= 15 is 0 Å². The van der Waals surface area contributed by atoms with Gasteiger partial charge in [0.15, 0.2) is 5.96 Å². The van der Waals surface area contributed by atoms with Gasteiger partial charge in [-0.05, 0) is 30.7 Å². The molecule has 2 aromatic heterocycles. The van der Waals surface area contributed by atoms with Crippen molar-refractivity contribution in [2.45, 2.75) is 33.4 Å². The van der Waals surface area contributed by atoms with Gasteiger partial charge in [-0.3, -0.25) is 4.98 Å². The summed E-state index contributed by atoms with van der Waals surface area (Å²) < 4.78 is 2.06. The maximum atomic E-state index is 4.71. The maximum absolute atomic E-state index is 4.71. The lowest BCUT2D eigenvalue weighted by molar-refractivity contribution is 0.632. The van der Waals surface area contributed by atoms with E-state index in [2.05, 4.69) is 62.4 Å². The number of pyridine rings is 1. The zero-order chi connectivity index (χ0) is 19.6. The molecule has 0 fully saturated rings. The van der Waals surface area contributed by atoms with E-state index in [1.54, 1.807) is 6.33 Å². The molecule has 7 heteroatoms. The third-order valence-electron chi connectivity index (χ3n) is 4.31. The van der Waals surface area contributed by atoms with Gasteiger partial charge in [0.2, 0.25) is 0 Å². The number of hydrogen-bond donors (Lipinski definition) is 2. The van der Waals surface area contributed by atoms with Crippen molar-refractivity contribution < 1.29 is 0 Å². The molecule has 3 rings (SSSR count). The predicted molar refractivity (Wildman–Crippen MR) is 112 cm³/mol. The average Bonchev–Trinajstić information content (AvgIpc) is 3.20. The number of rotatable bonds is 8. The molecule has 28 heavy (non-hydrogen) atoms. The summed E-state index contributed by atoms with van der Waals surface area (Å²) in [6.07, 6.45) is 4.46. The number of hydrogen-bond acceptors (Lipinski definition) is 4. The zero-order valence-corrected chi connectivity index (χ0v) is 16.5. The predicted octanol–water partition coefficient (Wildman–Crippen LogP) is 2.66. The van der Waals surface area contributed by atoms with Crippen molar-refractivity contribution in [1.82, 2.24) is 30.4 Å². The number of benzene rings is 1. The fourth-order valence-corrected chi connectivity index (χ4v) is 2.91. The van der Waals surface area contributed by atoms with Gasteiger partial charge < -0.3 is 15.2 Å². The van der Waals surface area contributed by atoms with E-state index < -0.39 is 0 Å². The van der Waals surface area contributed by atoms with Crippen LogP contribution in [-0.2, 0) is 19.5 Å². The third-order valence-corrected chi connectivity index (χ3v) is 4.31. The maximum Gasteiger partial charge on any atom is 0.191 e. The summed E-state index contributed by atoms with van der Waals surface area (Å²) in [4.78, 5) is 9.13. The first-order chi connectivity index (χ1) is 13.8. The van der Waals surface area contributed by atoms with Crippen LogP contribution in [0.15, 0.2) is 60.0 Å². The van der Waals surface area contributed by atoms with Gasteiger partial charge in [-0.25, -0.2) is 4.99 Å². The second-order valence-electron chi connectivity index (χ2n) is 6.33. The van der Waals surface area contributed by atoms with Crippen molar-refractivity contribution in [3.63, 3.8) is 0 Å². The first-order valence-corrected chi connectivity index (χ1v) is 9.69. The Hall–Kier alpha value is -3.22. The highest BCUT2D eigenvalue weighted by molar-refractivity contribution is 5.79. The van der Waals surface area contributed by atoms with Crippen molar-refractivity contribution in [3.8, 4) is 11.3 Å². The molecule has 1 aromatic carbocycles. The minimum Gasteiger partial charge on any atom is -0.357 e. The molecule has 3 aromatic rings. The van der Waals surface area contributed by atoms with E-state index in [-0.39, 0.29) is 0 Å². The number of aliphatic imine (C=N–C) groups is 1. The number of nitrogens with zero attached hydrogens (tertiary/aromatic N) is 5. The molecule has 0 aliphatic carbocycles. The Balaban J connectivity index is 1.61. The summed E-state index contributed by atoms with van der Waals surface area (Å²) in [6.45, 7) is 7.11. The average molecular weight is 377 g/mol. The summed E-state index contributed by atoms with van der Waals surface area (Å²) >= 11 is 0. The smallest absolute Gasteiger partial charge is 0.191 e. The number of aromatic nitrogens is 4. The van der Waals surface area contributed by atoms with Gasteiger partial charge in [-0.15, -0.1) is 10.2 Å². The minimum atomic E-state index is 0.600. The summed E-state index contributed by atoms with van der Waals surface area (Å²) in [7, 11) is 0. The van der Waals surface area contributed by atoms with Gasteiger partial charge in [0, 0.05) is 37.8 Å². The summed E-state index contributed by atoms with van der Waals surface area (Å²) in [5, 5.41) is 14.8. The van der Waals surface area contributed by atoms with E-state index in [9.17, 15) is 0 Å². The van der Waals surface area contributed by atoms with Gasteiger partial charge in [0.25, 0.3) is 0 Å². The molecule has 2 N–H and O–H groups in total. The molecule has 0 aliphatic heterocycles. The van der Waals surface area contributed by atoms with E-state index in [0.717, 1.165) is 54.7 Å². The van der Waals surface area contributed by atoms with Crippen LogP contribution in [0.2, 0.25) is 0 Å². The zero-order valence-electron chi connectivity index (χ0n) is 16.5. The van der Waals surface area contributed by atoms with E-state index in [0.29, 0.717) is 6.54 Å². The normalized spacial score (nSPS) is 11.4. The van der Waals surface area contributed by atoms with Crippen molar-refractivity contribution in [1.29, 1.82) is 0 Å². The van der Waals surface area contributed by atoms with E-state index in [4.69, 9.17) is 4.99 Å². The Morgan fingerprint density at radius 1 is 1.11 bits per heavy atom. The number of guanidine groups is 1. The minimum absolute atomic E-state index is 0.600. The van der Waals surface area contributed by atoms with E-state index in [1.165, 1.54) is 0 Å². The molecule has 7 nitrogen and oxygen atoms in total. The molecule has 0 saturated heterocycles. The summed E-state index contributed by atoms with van der Waals surface area (Å²) in [6, 6.07) is 14.3. The highest BCUT2D eigenvalue weighted by atomic mass is 15.3. The molecule has 0 atom stereocenters. The molecule has 0 radical (unpaired) electrons. The third kappa shape index (κ3) is 5.39. The van der Waals surface area contributed by atoms with Crippen LogP contribution in [0.3, 0.4) is 0 Å². The van der Waals surface area contributed by atoms with Crippen molar-refractivity contribution in [3.05, 3.63) is 66.4 Å². The van der Waals surface area contributed by atoms with Crippen LogP contribution in [0, 0.1) is 0 Å². The number of aryl methyl sites for hydroxylation is 1. The first kappa shape index (κ1) is 19.5. The van der Waals surface area contributed by atoms with Gasteiger partial charge in [-0.1, -0.05) is 31.2 Å². The Bertz CT molecular complexity index is 887. The fourth-order valence-electron chi connectivity index (χ4n) is 2.91. The Morgan fingerprint density at radius 2 is 2.04 bits per heavy atom. The molecule has 0 spiro atoms. The van der Waals surface area contributed by atoms with Crippen LogP contribution < -0.4 is 10.6 Å². The highest BCUT2D eigenvalue weighted by Crippen LogP contribution is 2.18. The van der Waals surface area contributed by atoms with Gasteiger partial charge in [0.05, 0.1) is 12.2 Å². The lowest BCUT2D eigenvalue weighted by Gasteiger charge is -2.12. The van der Waals surface area contributed by atoms with Crippen molar-refractivity contribution in [2.75, 3.05) is 13.1 Å². The van der Waals surface area contributed by atoms with Crippen LogP contribution in [0.5, 0.6) is 0 Å². The highest BCUT2D eigenvalue weighted by Gasteiger charge is 2.03. The Labute approximate surface area is 166 Å². The monoisotopic (exact) mass is 377 g/mol. The molecular weight excluding hydrogens is 350 g/mol. The first-order valence-electron chi connectivity index (χ1n) is 9.69. The molecule has 0 saturated carbocycles. The lowest BCUT2D eigenvalue weighted by Crippen LogP contribution is -2.38. The van der Waals surface area contributed by atoms with Gasteiger partial charge in [-0.2, -0.15) is 0 Å². The molecule has 0 bridgehead atoms.